The lowest BCUT2D eigenvalue weighted by Crippen LogP contribution is -2.52. The average Bonchev–Trinajstić information content (AvgIpc) is 3.13. The summed E-state index contributed by atoms with van der Waals surface area (Å²) in [6, 6.07) is 1.71. The fourth-order valence-corrected chi connectivity index (χ4v) is 3.74. The second kappa shape index (κ2) is 6.79. The van der Waals surface area contributed by atoms with E-state index < -0.39 is 6.10 Å². The zero-order chi connectivity index (χ0) is 15.5. The molecule has 1 aromatic rings. The summed E-state index contributed by atoms with van der Waals surface area (Å²) in [7, 11) is 1.79. The first-order chi connectivity index (χ1) is 10.6. The number of aliphatic hydroxyl groups excluding tert-OH is 1. The van der Waals surface area contributed by atoms with Gasteiger partial charge in [-0.1, -0.05) is 12.8 Å². The minimum atomic E-state index is -0.492. The lowest BCUT2D eigenvalue weighted by molar-refractivity contribution is 0.0337. The Morgan fingerprint density at radius 2 is 2.00 bits per heavy atom. The Labute approximate surface area is 131 Å². The maximum Gasteiger partial charge on any atom is 0.272 e. The van der Waals surface area contributed by atoms with Crippen LogP contribution in [-0.4, -0.2) is 57.0 Å². The van der Waals surface area contributed by atoms with Crippen LogP contribution >= 0.6 is 0 Å². The highest BCUT2D eigenvalue weighted by Gasteiger charge is 2.35. The SMILES string of the molecule is Cn1ccc(C(=O)N[C@@H]2CCCC[C@@H](N3CCCC3)[C@@H]2O)n1. The van der Waals surface area contributed by atoms with Gasteiger partial charge in [0.25, 0.3) is 5.91 Å². The van der Waals surface area contributed by atoms with Crippen molar-refractivity contribution in [3.63, 3.8) is 0 Å². The molecule has 1 saturated heterocycles. The number of hydrogen-bond donors (Lipinski definition) is 2. The highest BCUT2D eigenvalue weighted by atomic mass is 16.3. The molecule has 1 aromatic heterocycles. The maximum atomic E-state index is 12.3. The summed E-state index contributed by atoms with van der Waals surface area (Å²) in [6.45, 7) is 2.14. The average molecular weight is 306 g/mol. The summed E-state index contributed by atoms with van der Waals surface area (Å²) in [5.74, 6) is -0.188. The van der Waals surface area contributed by atoms with Crippen LogP contribution in [0.15, 0.2) is 12.3 Å². The number of nitrogens with zero attached hydrogens (tertiary/aromatic N) is 3. The number of aryl methyl sites for hydroxylation is 1. The molecule has 0 radical (unpaired) electrons. The van der Waals surface area contributed by atoms with Crippen LogP contribution in [0.1, 0.15) is 49.0 Å². The molecular formula is C16H26N4O2. The second-order valence-electron chi connectivity index (χ2n) is 6.54. The van der Waals surface area contributed by atoms with Gasteiger partial charge in [-0.25, -0.2) is 0 Å². The molecule has 0 spiro atoms. The molecule has 2 N–H and O–H groups in total. The largest absolute Gasteiger partial charge is 0.389 e. The van der Waals surface area contributed by atoms with Crippen molar-refractivity contribution in [1.82, 2.24) is 20.0 Å². The molecule has 22 heavy (non-hydrogen) atoms. The number of aromatic nitrogens is 2. The molecule has 2 heterocycles. The number of nitrogens with one attached hydrogen (secondary N) is 1. The normalized spacial score (nSPS) is 30.2. The van der Waals surface area contributed by atoms with Crippen LogP contribution in [0, 0.1) is 0 Å². The molecule has 0 bridgehead atoms. The maximum absolute atomic E-state index is 12.3. The van der Waals surface area contributed by atoms with Crippen molar-refractivity contribution in [1.29, 1.82) is 0 Å². The van der Waals surface area contributed by atoms with Crippen LogP contribution < -0.4 is 5.32 Å². The van der Waals surface area contributed by atoms with Crippen LogP contribution in [0.4, 0.5) is 0 Å². The van der Waals surface area contributed by atoms with Crippen LogP contribution in [0.2, 0.25) is 0 Å². The predicted molar refractivity (Wildman–Crippen MR) is 83.5 cm³/mol. The Morgan fingerprint density at radius 3 is 2.68 bits per heavy atom. The lowest BCUT2D eigenvalue weighted by Gasteiger charge is -2.34. The van der Waals surface area contributed by atoms with E-state index >= 15 is 0 Å². The number of rotatable bonds is 3. The van der Waals surface area contributed by atoms with Gasteiger partial charge in [0.1, 0.15) is 5.69 Å². The third kappa shape index (κ3) is 3.33. The Kier molecular flexibility index (Phi) is 4.78. The molecule has 6 heteroatoms. The topological polar surface area (TPSA) is 70.4 Å². The fraction of sp³-hybridized carbons (Fsp3) is 0.750. The van der Waals surface area contributed by atoms with Crippen molar-refractivity contribution >= 4 is 5.91 Å². The number of carbonyl (C=O) groups excluding carboxylic acids is 1. The van der Waals surface area contributed by atoms with Gasteiger partial charge < -0.3 is 10.4 Å². The third-order valence-electron chi connectivity index (χ3n) is 4.94. The summed E-state index contributed by atoms with van der Waals surface area (Å²) in [5.41, 5.74) is 0.414. The zero-order valence-corrected chi connectivity index (χ0v) is 13.2. The molecular weight excluding hydrogens is 280 g/mol. The first kappa shape index (κ1) is 15.5. The van der Waals surface area contributed by atoms with Crippen molar-refractivity contribution in [3.8, 4) is 0 Å². The number of amides is 1. The highest BCUT2D eigenvalue weighted by molar-refractivity contribution is 5.92. The van der Waals surface area contributed by atoms with Gasteiger partial charge in [-0.05, 0) is 44.8 Å². The van der Waals surface area contributed by atoms with Crippen molar-refractivity contribution in [2.45, 2.75) is 56.7 Å². The lowest BCUT2D eigenvalue weighted by atomic mass is 10.00. The second-order valence-corrected chi connectivity index (χ2v) is 6.54. The van der Waals surface area contributed by atoms with Gasteiger partial charge in [-0.2, -0.15) is 5.10 Å². The molecule has 0 aromatic carbocycles. The molecule has 1 aliphatic carbocycles. The van der Waals surface area contributed by atoms with Crippen molar-refractivity contribution < 1.29 is 9.90 Å². The van der Waals surface area contributed by atoms with Gasteiger partial charge in [-0.15, -0.1) is 0 Å². The van der Waals surface area contributed by atoms with E-state index in [4.69, 9.17) is 0 Å². The van der Waals surface area contributed by atoms with Gasteiger partial charge >= 0.3 is 0 Å². The summed E-state index contributed by atoms with van der Waals surface area (Å²) in [4.78, 5) is 14.7. The summed E-state index contributed by atoms with van der Waals surface area (Å²) in [5, 5.41) is 17.9. The van der Waals surface area contributed by atoms with Crippen molar-refractivity contribution in [2.75, 3.05) is 13.1 Å². The fourth-order valence-electron chi connectivity index (χ4n) is 3.74. The Balaban J connectivity index is 1.67. The smallest absolute Gasteiger partial charge is 0.272 e. The summed E-state index contributed by atoms with van der Waals surface area (Å²) in [6.07, 6.45) is 7.73. The molecule has 2 fully saturated rings. The first-order valence-electron chi connectivity index (χ1n) is 8.38. The van der Waals surface area contributed by atoms with Crippen LogP contribution in [0.5, 0.6) is 0 Å². The molecule has 3 atom stereocenters. The third-order valence-corrected chi connectivity index (χ3v) is 4.94. The minimum Gasteiger partial charge on any atom is -0.389 e. The number of hydrogen-bond acceptors (Lipinski definition) is 4. The molecule has 1 saturated carbocycles. The van der Waals surface area contributed by atoms with E-state index in [1.54, 1.807) is 24.0 Å². The molecule has 6 nitrogen and oxygen atoms in total. The van der Waals surface area contributed by atoms with Crippen LogP contribution in [-0.2, 0) is 7.05 Å². The van der Waals surface area contributed by atoms with Crippen molar-refractivity contribution in [3.05, 3.63) is 18.0 Å². The van der Waals surface area contributed by atoms with Crippen LogP contribution in [0.25, 0.3) is 0 Å². The quantitative estimate of drug-likeness (QED) is 0.815. The summed E-state index contributed by atoms with van der Waals surface area (Å²) >= 11 is 0. The Bertz CT molecular complexity index is 510. The van der Waals surface area contributed by atoms with Gasteiger partial charge in [0.05, 0.1) is 12.1 Å². The molecule has 122 valence electrons. The molecule has 2 aliphatic rings. The van der Waals surface area contributed by atoms with E-state index in [-0.39, 0.29) is 18.0 Å². The Morgan fingerprint density at radius 1 is 1.27 bits per heavy atom. The highest BCUT2D eigenvalue weighted by Crippen LogP contribution is 2.26. The van der Waals surface area contributed by atoms with E-state index in [0.29, 0.717) is 5.69 Å². The predicted octanol–water partition coefficient (Wildman–Crippen LogP) is 0.918. The van der Waals surface area contributed by atoms with E-state index in [2.05, 4.69) is 15.3 Å². The van der Waals surface area contributed by atoms with Crippen molar-refractivity contribution in [2.24, 2.45) is 7.05 Å². The molecule has 1 aliphatic heterocycles. The molecule has 0 unspecified atom stereocenters. The van der Waals surface area contributed by atoms with E-state index in [1.165, 1.54) is 12.8 Å². The zero-order valence-electron chi connectivity index (χ0n) is 13.2. The first-order valence-corrected chi connectivity index (χ1v) is 8.38. The van der Waals surface area contributed by atoms with Crippen LogP contribution in [0.3, 0.4) is 0 Å². The van der Waals surface area contributed by atoms with E-state index in [0.717, 1.165) is 38.8 Å². The van der Waals surface area contributed by atoms with Gasteiger partial charge in [-0.3, -0.25) is 14.4 Å². The summed E-state index contributed by atoms with van der Waals surface area (Å²) < 4.78 is 1.62. The standard InChI is InChI=1S/C16H26N4O2/c1-19-11-8-13(18-19)16(22)17-12-6-2-3-7-14(15(12)21)20-9-4-5-10-20/h8,11-12,14-15,21H,2-7,9-10H2,1H3,(H,17,22)/t12-,14-,15-/m1/s1. The minimum absolute atomic E-state index is 0.178. The van der Waals surface area contributed by atoms with Gasteiger partial charge in [0.2, 0.25) is 0 Å². The monoisotopic (exact) mass is 306 g/mol. The van der Waals surface area contributed by atoms with E-state index in [9.17, 15) is 9.90 Å². The Hall–Kier alpha value is -1.40. The number of aliphatic hydroxyl groups is 1. The van der Waals surface area contributed by atoms with Gasteiger partial charge in [0, 0.05) is 19.3 Å². The van der Waals surface area contributed by atoms with E-state index in [1.807, 2.05) is 0 Å². The number of carbonyl (C=O) groups is 1. The number of likely N-dealkylation sites (tertiary alicyclic amines) is 1. The molecule has 1 amide bonds. The molecule has 3 rings (SSSR count). The van der Waals surface area contributed by atoms with Gasteiger partial charge in [0.15, 0.2) is 0 Å².